The number of nitrogens with one attached hydrogen (secondary N) is 2. The number of hydrogen-bond acceptors (Lipinski definition) is 6. The smallest absolute Gasteiger partial charge is 0.329 e. The maximum atomic E-state index is 12.8. The van der Waals surface area contributed by atoms with Crippen molar-refractivity contribution in [2.75, 3.05) is 5.32 Å². The summed E-state index contributed by atoms with van der Waals surface area (Å²) in [6.45, 7) is 5.29. The Morgan fingerprint density at radius 1 is 1.23 bits per heavy atom. The Labute approximate surface area is 218 Å². The van der Waals surface area contributed by atoms with Gasteiger partial charge in [0, 0.05) is 5.02 Å². The Morgan fingerprint density at radius 2 is 1.94 bits per heavy atom. The third-order valence-corrected chi connectivity index (χ3v) is 6.16. The van der Waals surface area contributed by atoms with Gasteiger partial charge < -0.3 is 15.4 Å². The van der Waals surface area contributed by atoms with E-state index in [1.807, 2.05) is 0 Å². The van der Waals surface area contributed by atoms with Crippen molar-refractivity contribution in [3.63, 3.8) is 0 Å². The lowest BCUT2D eigenvalue weighted by atomic mass is 9.81. The molecular formula is C23H28Cl3N5O4. The molecule has 1 aromatic heterocycles. The van der Waals surface area contributed by atoms with Crippen LogP contribution < -0.4 is 10.6 Å². The van der Waals surface area contributed by atoms with Gasteiger partial charge in [0.1, 0.15) is 17.0 Å². The highest BCUT2D eigenvalue weighted by Crippen LogP contribution is 2.31. The fraction of sp³-hybridized carbons (Fsp3) is 0.522. The van der Waals surface area contributed by atoms with Crippen LogP contribution in [-0.4, -0.2) is 49.8 Å². The quantitative estimate of drug-likeness (QED) is 0.354. The fourth-order valence-electron chi connectivity index (χ4n) is 3.54. The number of anilines is 1. The summed E-state index contributed by atoms with van der Waals surface area (Å²) < 4.78 is 6.85. The standard InChI is InChI=1S/C23H28Cl3N5O4/c1-23(2,3)35-22(34)17(9-13-5-4-6-13)28-21(33)15(25)11-20(32)27-16-10-14(24)7-8-18(16)31-12-19(26)29-30-31/h7-8,10,12-13,15,17H,4-6,9,11H2,1-3H3,(H,27,32)(H,28,33). The van der Waals surface area contributed by atoms with Crippen LogP contribution in [0.2, 0.25) is 10.2 Å². The third-order valence-electron chi connectivity index (χ3n) is 5.40. The number of hydrogen-bond donors (Lipinski definition) is 2. The van der Waals surface area contributed by atoms with E-state index < -0.39 is 34.8 Å². The monoisotopic (exact) mass is 543 g/mol. The molecule has 1 heterocycles. The van der Waals surface area contributed by atoms with Crippen molar-refractivity contribution in [2.45, 2.75) is 69.9 Å². The summed E-state index contributed by atoms with van der Waals surface area (Å²) in [7, 11) is 0. The molecule has 35 heavy (non-hydrogen) atoms. The van der Waals surface area contributed by atoms with Crippen molar-refractivity contribution >= 4 is 58.3 Å². The molecule has 2 atom stereocenters. The highest BCUT2D eigenvalue weighted by molar-refractivity contribution is 6.32. The Hall–Kier alpha value is -2.36. The number of carbonyl (C=O) groups excluding carboxylic acids is 3. The number of rotatable bonds is 9. The molecule has 0 aliphatic heterocycles. The molecule has 3 rings (SSSR count). The zero-order valence-corrected chi connectivity index (χ0v) is 22.0. The zero-order valence-electron chi connectivity index (χ0n) is 19.7. The molecule has 2 aromatic rings. The molecule has 0 saturated heterocycles. The molecule has 1 aromatic carbocycles. The summed E-state index contributed by atoms with van der Waals surface area (Å²) in [5, 5.41) is 12.3. The van der Waals surface area contributed by atoms with E-state index in [0.29, 0.717) is 28.7 Å². The van der Waals surface area contributed by atoms with E-state index in [1.54, 1.807) is 32.9 Å². The van der Waals surface area contributed by atoms with Crippen molar-refractivity contribution in [3.8, 4) is 5.69 Å². The van der Waals surface area contributed by atoms with E-state index in [2.05, 4.69) is 20.9 Å². The topological polar surface area (TPSA) is 115 Å². The predicted octanol–water partition coefficient (Wildman–Crippen LogP) is 4.53. The average molecular weight is 545 g/mol. The first kappa shape index (κ1) is 27.2. The van der Waals surface area contributed by atoms with Crippen LogP contribution in [0.1, 0.15) is 52.9 Å². The molecule has 0 bridgehead atoms. The second kappa shape index (κ2) is 11.6. The summed E-state index contributed by atoms with van der Waals surface area (Å²) in [5.74, 6) is -1.31. The normalized spacial score (nSPS) is 15.6. The molecule has 2 unspecified atom stereocenters. The molecule has 1 aliphatic carbocycles. The fourth-order valence-corrected chi connectivity index (χ4v) is 4.04. The Kier molecular flexibility index (Phi) is 9.01. The van der Waals surface area contributed by atoms with Crippen LogP contribution >= 0.6 is 34.8 Å². The summed E-state index contributed by atoms with van der Waals surface area (Å²) in [5.41, 5.74) is 0.122. The summed E-state index contributed by atoms with van der Waals surface area (Å²) in [4.78, 5) is 38.1. The van der Waals surface area contributed by atoms with Crippen LogP contribution in [0.15, 0.2) is 24.4 Å². The minimum Gasteiger partial charge on any atom is -0.458 e. The van der Waals surface area contributed by atoms with Gasteiger partial charge in [-0.3, -0.25) is 9.59 Å². The molecule has 0 spiro atoms. The van der Waals surface area contributed by atoms with Crippen molar-refractivity contribution in [3.05, 3.63) is 34.6 Å². The van der Waals surface area contributed by atoms with E-state index in [0.717, 1.165) is 19.3 Å². The molecular weight excluding hydrogens is 517 g/mol. The minimum absolute atomic E-state index is 0.177. The SMILES string of the molecule is CC(C)(C)OC(=O)C(CC1CCC1)NC(=O)C(Cl)CC(=O)Nc1cc(Cl)ccc1-n1cc(Cl)nn1. The van der Waals surface area contributed by atoms with E-state index in [-0.39, 0.29) is 11.6 Å². The second-order valence-electron chi connectivity index (χ2n) is 9.49. The van der Waals surface area contributed by atoms with Gasteiger partial charge in [0.15, 0.2) is 5.15 Å². The Bertz CT molecular complexity index is 1080. The van der Waals surface area contributed by atoms with Gasteiger partial charge in [-0.15, -0.1) is 16.7 Å². The maximum absolute atomic E-state index is 12.8. The lowest BCUT2D eigenvalue weighted by Crippen LogP contribution is -2.48. The number of aromatic nitrogens is 3. The second-order valence-corrected chi connectivity index (χ2v) is 10.8. The van der Waals surface area contributed by atoms with Gasteiger partial charge in [0.25, 0.3) is 0 Å². The number of nitrogens with zero attached hydrogens (tertiary/aromatic N) is 3. The van der Waals surface area contributed by atoms with Gasteiger partial charge in [0.2, 0.25) is 11.8 Å². The molecule has 2 amide bonds. The first-order valence-corrected chi connectivity index (χ1v) is 12.5. The lowest BCUT2D eigenvalue weighted by Gasteiger charge is -2.31. The summed E-state index contributed by atoms with van der Waals surface area (Å²) in [6, 6.07) is 3.97. The number of amides is 2. The molecule has 1 saturated carbocycles. The van der Waals surface area contributed by atoms with Crippen LogP contribution in [-0.2, 0) is 19.1 Å². The van der Waals surface area contributed by atoms with Crippen LogP contribution in [0.25, 0.3) is 5.69 Å². The molecule has 2 N–H and O–H groups in total. The summed E-state index contributed by atoms with van der Waals surface area (Å²) >= 11 is 18.2. The average Bonchev–Trinajstić information content (AvgIpc) is 3.14. The van der Waals surface area contributed by atoms with Crippen LogP contribution in [0, 0.1) is 5.92 Å². The number of esters is 1. The molecule has 9 nitrogen and oxygen atoms in total. The molecule has 12 heteroatoms. The number of carbonyl (C=O) groups is 3. The molecule has 0 radical (unpaired) electrons. The largest absolute Gasteiger partial charge is 0.458 e. The van der Waals surface area contributed by atoms with Gasteiger partial charge in [-0.25, -0.2) is 9.48 Å². The van der Waals surface area contributed by atoms with Gasteiger partial charge in [-0.05, 0) is 51.3 Å². The highest BCUT2D eigenvalue weighted by Gasteiger charge is 2.33. The van der Waals surface area contributed by atoms with Crippen molar-refractivity contribution in [2.24, 2.45) is 5.92 Å². The van der Waals surface area contributed by atoms with Crippen molar-refractivity contribution in [1.29, 1.82) is 0 Å². The minimum atomic E-state index is -1.20. The van der Waals surface area contributed by atoms with E-state index in [1.165, 1.54) is 16.9 Å². The van der Waals surface area contributed by atoms with Crippen molar-refractivity contribution in [1.82, 2.24) is 20.3 Å². The molecule has 190 valence electrons. The third kappa shape index (κ3) is 8.08. The van der Waals surface area contributed by atoms with Crippen LogP contribution in [0.5, 0.6) is 0 Å². The lowest BCUT2D eigenvalue weighted by molar-refractivity contribution is -0.159. The van der Waals surface area contributed by atoms with Gasteiger partial charge in [-0.1, -0.05) is 47.7 Å². The molecule has 1 aliphatic rings. The zero-order chi connectivity index (χ0) is 25.8. The van der Waals surface area contributed by atoms with Crippen LogP contribution in [0.3, 0.4) is 0 Å². The number of alkyl halides is 1. The van der Waals surface area contributed by atoms with Crippen LogP contribution in [0.4, 0.5) is 5.69 Å². The Balaban J connectivity index is 1.63. The van der Waals surface area contributed by atoms with E-state index in [9.17, 15) is 14.4 Å². The Morgan fingerprint density at radius 3 is 2.51 bits per heavy atom. The highest BCUT2D eigenvalue weighted by atomic mass is 35.5. The number of benzene rings is 1. The molecule has 1 fully saturated rings. The maximum Gasteiger partial charge on any atom is 0.329 e. The summed E-state index contributed by atoms with van der Waals surface area (Å²) in [6.07, 6.45) is 4.72. The number of ether oxygens (including phenoxy) is 1. The number of halogens is 3. The van der Waals surface area contributed by atoms with E-state index >= 15 is 0 Å². The van der Waals surface area contributed by atoms with Crippen molar-refractivity contribution < 1.29 is 19.1 Å². The van der Waals surface area contributed by atoms with E-state index in [4.69, 9.17) is 39.5 Å². The van der Waals surface area contributed by atoms with Gasteiger partial charge in [-0.2, -0.15) is 0 Å². The predicted molar refractivity (Wildman–Crippen MR) is 134 cm³/mol. The first-order chi connectivity index (χ1) is 16.4. The van der Waals surface area contributed by atoms with Gasteiger partial charge >= 0.3 is 5.97 Å². The van der Waals surface area contributed by atoms with Gasteiger partial charge in [0.05, 0.1) is 24.0 Å². The first-order valence-electron chi connectivity index (χ1n) is 11.3.